The number of anilines is 1. The van der Waals surface area contributed by atoms with E-state index in [4.69, 9.17) is 9.40 Å². The zero-order chi connectivity index (χ0) is 23.7. The number of hydrogen-bond acceptors (Lipinski definition) is 6. The Hall–Kier alpha value is -3.19. The largest absolute Gasteiger partial charge is 0.465 e. The van der Waals surface area contributed by atoms with Gasteiger partial charge in [0.2, 0.25) is 11.9 Å². The highest BCUT2D eigenvalue weighted by Gasteiger charge is 2.39. The zero-order valence-electron chi connectivity index (χ0n) is 20.2. The molecule has 0 bridgehead atoms. The summed E-state index contributed by atoms with van der Waals surface area (Å²) in [6.07, 6.45) is 3.56. The van der Waals surface area contributed by atoms with Crippen molar-refractivity contribution in [2.24, 2.45) is 5.92 Å². The summed E-state index contributed by atoms with van der Waals surface area (Å²) in [5, 5.41) is 3.25. The van der Waals surface area contributed by atoms with Crippen LogP contribution in [0, 0.1) is 12.8 Å². The van der Waals surface area contributed by atoms with Crippen LogP contribution in [0.5, 0.6) is 0 Å². The predicted octanol–water partition coefficient (Wildman–Crippen LogP) is 4.00. The van der Waals surface area contributed by atoms with Gasteiger partial charge in [-0.05, 0) is 63.5 Å². The van der Waals surface area contributed by atoms with Crippen molar-refractivity contribution in [3.63, 3.8) is 0 Å². The van der Waals surface area contributed by atoms with Gasteiger partial charge >= 0.3 is 0 Å². The number of nitrogens with zero attached hydrogens (tertiary/aromatic N) is 4. The maximum Gasteiger partial charge on any atom is 0.227 e. The van der Waals surface area contributed by atoms with E-state index < -0.39 is 0 Å². The minimum absolute atomic E-state index is 0.00998. The lowest BCUT2D eigenvalue weighted by molar-refractivity contribution is -0.141. The molecule has 1 N–H and O–H groups in total. The summed E-state index contributed by atoms with van der Waals surface area (Å²) in [7, 11) is 2.14. The van der Waals surface area contributed by atoms with Crippen LogP contribution in [0.4, 0.5) is 5.95 Å². The van der Waals surface area contributed by atoms with Gasteiger partial charge in [-0.15, -0.1) is 0 Å². The first-order chi connectivity index (χ1) is 16.5. The number of aryl methyl sites for hydroxylation is 1. The lowest BCUT2D eigenvalue weighted by Crippen LogP contribution is -2.50. The molecule has 5 rings (SSSR count). The van der Waals surface area contributed by atoms with Crippen molar-refractivity contribution < 1.29 is 9.21 Å². The lowest BCUT2D eigenvalue weighted by Gasteiger charge is -2.42. The number of likely N-dealkylation sites (tertiary alicyclic amines) is 1. The summed E-state index contributed by atoms with van der Waals surface area (Å²) in [5.41, 5.74) is 3.31. The number of furan rings is 1. The monoisotopic (exact) mass is 459 g/mol. The highest BCUT2D eigenvalue weighted by molar-refractivity contribution is 5.80. The molecule has 1 aromatic carbocycles. The number of likely N-dealkylation sites (N-methyl/N-ethyl adjacent to an activating group) is 1. The first-order valence-corrected chi connectivity index (χ1v) is 12.2. The van der Waals surface area contributed by atoms with E-state index in [1.807, 2.05) is 36.2 Å². The molecule has 3 aromatic rings. The number of piperidine rings is 1. The molecule has 0 radical (unpaired) electrons. The van der Waals surface area contributed by atoms with Crippen LogP contribution >= 0.6 is 0 Å². The number of carbonyl (C=O) groups is 1. The molecule has 34 heavy (non-hydrogen) atoms. The second-order valence-corrected chi connectivity index (χ2v) is 9.73. The molecular formula is C27H33N5O2. The zero-order valence-corrected chi connectivity index (χ0v) is 20.2. The topological polar surface area (TPSA) is 74.5 Å². The summed E-state index contributed by atoms with van der Waals surface area (Å²) in [6, 6.07) is 14.5. The van der Waals surface area contributed by atoms with E-state index in [2.05, 4.69) is 53.4 Å². The number of carbonyl (C=O) groups excluding carboxylic acids is 1. The van der Waals surface area contributed by atoms with Crippen molar-refractivity contribution in [2.75, 3.05) is 25.5 Å². The molecule has 0 saturated carbocycles. The van der Waals surface area contributed by atoms with Crippen molar-refractivity contribution in [1.82, 2.24) is 19.8 Å². The Morgan fingerprint density at radius 1 is 1.21 bits per heavy atom. The Kier molecular flexibility index (Phi) is 6.37. The van der Waals surface area contributed by atoms with Crippen molar-refractivity contribution >= 4 is 11.9 Å². The first kappa shape index (κ1) is 22.6. The Bertz CT molecular complexity index is 1140. The van der Waals surface area contributed by atoms with E-state index in [0.29, 0.717) is 19.0 Å². The fraction of sp³-hybridized carbons (Fsp3) is 0.444. The molecule has 1 fully saturated rings. The first-order valence-electron chi connectivity index (χ1n) is 12.2. The Morgan fingerprint density at radius 2 is 2.03 bits per heavy atom. The van der Waals surface area contributed by atoms with Crippen molar-refractivity contribution in [3.8, 4) is 0 Å². The summed E-state index contributed by atoms with van der Waals surface area (Å²) < 4.78 is 5.63. The second-order valence-electron chi connectivity index (χ2n) is 9.73. The van der Waals surface area contributed by atoms with Gasteiger partial charge in [-0.3, -0.25) is 4.79 Å². The number of fused-ring (bicyclic) bond motifs is 1. The van der Waals surface area contributed by atoms with E-state index in [-0.39, 0.29) is 23.8 Å². The highest BCUT2D eigenvalue weighted by atomic mass is 16.3. The van der Waals surface area contributed by atoms with E-state index in [0.717, 1.165) is 48.7 Å². The van der Waals surface area contributed by atoms with Crippen LogP contribution in [0.1, 0.15) is 47.6 Å². The standard InChI is InChI=1S/C27H33N5O2/c1-18-13-21-14-28-27(29-15-22-10-9-19(2)34-22)30-25(21)17-32(18)26(33)23-11-12-31(3)16-24(23)20-7-5-4-6-8-20/h4-10,14,18,23-24H,11-13,15-17H2,1-3H3,(H,28,29,30)/t18-,23+,24-/m1/s1. The minimum Gasteiger partial charge on any atom is -0.465 e. The van der Waals surface area contributed by atoms with E-state index in [9.17, 15) is 4.79 Å². The molecule has 0 aliphatic carbocycles. The molecule has 2 aliphatic heterocycles. The van der Waals surface area contributed by atoms with Gasteiger partial charge in [-0.2, -0.15) is 0 Å². The average molecular weight is 460 g/mol. The van der Waals surface area contributed by atoms with Crippen LogP contribution in [-0.2, 0) is 24.3 Å². The van der Waals surface area contributed by atoms with Gasteiger partial charge in [0.15, 0.2) is 0 Å². The van der Waals surface area contributed by atoms with Gasteiger partial charge in [-0.25, -0.2) is 9.97 Å². The molecule has 2 aliphatic rings. The van der Waals surface area contributed by atoms with Crippen LogP contribution < -0.4 is 5.32 Å². The molecule has 1 saturated heterocycles. The molecule has 4 heterocycles. The van der Waals surface area contributed by atoms with Crippen LogP contribution in [0.25, 0.3) is 0 Å². The number of nitrogens with one attached hydrogen (secondary N) is 1. The van der Waals surface area contributed by atoms with Crippen LogP contribution in [0.2, 0.25) is 0 Å². The maximum absolute atomic E-state index is 13.9. The number of benzene rings is 1. The number of amides is 1. The maximum atomic E-state index is 13.9. The summed E-state index contributed by atoms with van der Waals surface area (Å²) in [6.45, 7) is 6.97. The molecule has 7 heteroatoms. The molecule has 3 atom stereocenters. The van der Waals surface area contributed by atoms with Crippen molar-refractivity contribution in [1.29, 1.82) is 0 Å². The minimum atomic E-state index is -0.00998. The summed E-state index contributed by atoms with van der Waals surface area (Å²) >= 11 is 0. The quantitative estimate of drug-likeness (QED) is 0.622. The molecule has 7 nitrogen and oxygen atoms in total. The predicted molar refractivity (Wildman–Crippen MR) is 131 cm³/mol. The molecule has 0 spiro atoms. The van der Waals surface area contributed by atoms with Gasteiger partial charge in [-0.1, -0.05) is 30.3 Å². The Labute approximate surface area is 201 Å². The second kappa shape index (κ2) is 9.58. The smallest absolute Gasteiger partial charge is 0.227 e. The van der Waals surface area contributed by atoms with Crippen LogP contribution in [0.15, 0.2) is 53.1 Å². The number of hydrogen-bond donors (Lipinski definition) is 1. The average Bonchev–Trinajstić information content (AvgIpc) is 3.27. The lowest BCUT2D eigenvalue weighted by atomic mass is 9.79. The fourth-order valence-electron chi connectivity index (χ4n) is 5.28. The highest BCUT2D eigenvalue weighted by Crippen LogP contribution is 2.35. The molecule has 1 amide bonds. The van der Waals surface area contributed by atoms with Gasteiger partial charge < -0.3 is 19.5 Å². The molecular weight excluding hydrogens is 426 g/mol. The fourth-order valence-corrected chi connectivity index (χ4v) is 5.28. The van der Waals surface area contributed by atoms with E-state index in [1.165, 1.54) is 5.56 Å². The van der Waals surface area contributed by atoms with E-state index in [1.54, 1.807) is 0 Å². The third-order valence-electron chi connectivity index (χ3n) is 7.18. The number of rotatable bonds is 5. The molecule has 178 valence electrons. The van der Waals surface area contributed by atoms with Crippen molar-refractivity contribution in [2.45, 2.75) is 51.7 Å². The van der Waals surface area contributed by atoms with E-state index >= 15 is 0 Å². The third-order valence-corrected chi connectivity index (χ3v) is 7.18. The van der Waals surface area contributed by atoms with Gasteiger partial charge in [0.25, 0.3) is 0 Å². The number of aromatic nitrogens is 2. The third kappa shape index (κ3) is 4.71. The summed E-state index contributed by atoms with van der Waals surface area (Å²) in [5.74, 6) is 2.74. The van der Waals surface area contributed by atoms with Gasteiger partial charge in [0.05, 0.1) is 18.8 Å². The summed E-state index contributed by atoms with van der Waals surface area (Å²) in [4.78, 5) is 27.5. The Balaban J connectivity index is 1.33. The van der Waals surface area contributed by atoms with Crippen LogP contribution in [-0.4, -0.2) is 51.9 Å². The van der Waals surface area contributed by atoms with Gasteiger partial charge in [0, 0.05) is 30.6 Å². The van der Waals surface area contributed by atoms with Gasteiger partial charge in [0.1, 0.15) is 11.5 Å². The van der Waals surface area contributed by atoms with Crippen LogP contribution in [0.3, 0.4) is 0 Å². The molecule has 0 unspecified atom stereocenters. The normalized spacial score (nSPS) is 22.9. The Morgan fingerprint density at radius 3 is 2.79 bits per heavy atom. The SMILES string of the molecule is Cc1ccc(CNc2ncc3c(n2)CN(C(=O)[C@H]2CCN(C)C[C@@H]2c2ccccc2)[C@H](C)C3)o1. The molecule has 2 aromatic heterocycles. The van der Waals surface area contributed by atoms with Crippen molar-refractivity contribution in [3.05, 3.63) is 77.0 Å².